The summed E-state index contributed by atoms with van der Waals surface area (Å²) >= 11 is 0. The van der Waals surface area contributed by atoms with E-state index in [1.54, 1.807) is 6.92 Å². The number of aryl methyl sites for hydroxylation is 1. The number of phenolic OH excluding ortho intramolecular Hbond substituents is 1. The summed E-state index contributed by atoms with van der Waals surface area (Å²) in [6.07, 6.45) is 0. The molecule has 0 aliphatic carbocycles. The highest BCUT2D eigenvalue weighted by Crippen LogP contribution is 2.44. The van der Waals surface area contributed by atoms with E-state index in [0.29, 0.717) is 0 Å². The molecule has 0 heterocycles. The highest BCUT2D eigenvalue weighted by atomic mass is 16.4. The summed E-state index contributed by atoms with van der Waals surface area (Å²) in [6, 6.07) is 1.93. The van der Waals surface area contributed by atoms with Gasteiger partial charge in [0.25, 0.3) is 0 Å². The van der Waals surface area contributed by atoms with E-state index >= 15 is 0 Å². The highest BCUT2D eigenvalue weighted by Gasteiger charge is 2.32. The van der Waals surface area contributed by atoms with Gasteiger partial charge in [-0.15, -0.1) is 0 Å². The average molecular weight is 292 g/mol. The molecule has 0 saturated carbocycles. The van der Waals surface area contributed by atoms with Crippen molar-refractivity contribution in [1.82, 2.24) is 0 Å². The van der Waals surface area contributed by atoms with Gasteiger partial charge >= 0.3 is 5.97 Å². The molecule has 0 radical (unpaired) electrons. The molecule has 118 valence electrons. The third kappa shape index (κ3) is 3.39. The number of carbonyl (C=O) groups is 1. The van der Waals surface area contributed by atoms with Gasteiger partial charge in [-0.05, 0) is 41.4 Å². The number of hydrogen-bond acceptors (Lipinski definition) is 2. The molecular weight excluding hydrogens is 264 g/mol. The maximum Gasteiger partial charge on any atom is 0.310 e. The van der Waals surface area contributed by atoms with Crippen molar-refractivity contribution in [2.24, 2.45) is 0 Å². The number of aromatic hydroxyl groups is 1. The molecule has 21 heavy (non-hydrogen) atoms. The zero-order valence-corrected chi connectivity index (χ0v) is 14.5. The minimum absolute atomic E-state index is 0.195. The molecule has 0 spiro atoms. The van der Waals surface area contributed by atoms with Crippen LogP contribution in [0.5, 0.6) is 5.75 Å². The van der Waals surface area contributed by atoms with Crippen molar-refractivity contribution in [3.63, 3.8) is 0 Å². The van der Waals surface area contributed by atoms with E-state index in [2.05, 4.69) is 0 Å². The molecule has 0 aromatic heterocycles. The summed E-state index contributed by atoms with van der Waals surface area (Å²) < 4.78 is 0. The van der Waals surface area contributed by atoms with Gasteiger partial charge in [-0.25, -0.2) is 0 Å². The Morgan fingerprint density at radius 2 is 1.57 bits per heavy atom. The van der Waals surface area contributed by atoms with Gasteiger partial charge in [0.15, 0.2) is 0 Å². The van der Waals surface area contributed by atoms with E-state index < -0.39 is 11.9 Å². The molecule has 1 aromatic rings. The minimum atomic E-state index is -0.869. The Kier molecular flexibility index (Phi) is 4.48. The molecule has 1 aromatic carbocycles. The number of rotatable bonds is 2. The zero-order valence-electron chi connectivity index (χ0n) is 14.5. The lowest BCUT2D eigenvalue weighted by molar-refractivity contribution is -0.138. The number of benzene rings is 1. The van der Waals surface area contributed by atoms with Crippen LogP contribution in [0.2, 0.25) is 0 Å². The maximum atomic E-state index is 11.4. The van der Waals surface area contributed by atoms with Gasteiger partial charge in [-0.1, -0.05) is 47.6 Å². The molecule has 1 atom stereocenters. The van der Waals surface area contributed by atoms with Gasteiger partial charge in [-0.3, -0.25) is 4.79 Å². The molecule has 0 aliphatic heterocycles. The third-order valence-corrected chi connectivity index (χ3v) is 3.91. The van der Waals surface area contributed by atoms with Crippen LogP contribution in [-0.4, -0.2) is 16.2 Å². The van der Waals surface area contributed by atoms with Gasteiger partial charge in [0.1, 0.15) is 5.75 Å². The van der Waals surface area contributed by atoms with Crippen LogP contribution >= 0.6 is 0 Å². The SMILES string of the molecule is Cc1cc(C(C)(C)C)c(O)c(C(C)(C)C)c1C(C)C(=O)O. The summed E-state index contributed by atoms with van der Waals surface area (Å²) in [6.45, 7) is 15.8. The van der Waals surface area contributed by atoms with Crippen LogP contribution in [0.15, 0.2) is 6.07 Å². The molecule has 0 saturated heterocycles. The predicted molar refractivity (Wildman–Crippen MR) is 86.3 cm³/mol. The van der Waals surface area contributed by atoms with E-state index in [-0.39, 0.29) is 16.6 Å². The fourth-order valence-electron chi connectivity index (χ4n) is 2.83. The molecule has 1 rings (SSSR count). The predicted octanol–water partition coefficient (Wildman–Crippen LogP) is 4.48. The molecule has 3 heteroatoms. The van der Waals surface area contributed by atoms with Gasteiger partial charge in [-0.2, -0.15) is 0 Å². The maximum absolute atomic E-state index is 11.4. The van der Waals surface area contributed by atoms with E-state index in [9.17, 15) is 15.0 Å². The topological polar surface area (TPSA) is 57.5 Å². The van der Waals surface area contributed by atoms with Crippen LogP contribution in [0.25, 0.3) is 0 Å². The fraction of sp³-hybridized carbons (Fsp3) is 0.611. The van der Waals surface area contributed by atoms with E-state index in [4.69, 9.17) is 0 Å². The summed E-state index contributed by atoms with van der Waals surface area (Å²) in [7, 11) is 0. The largest absolute Gasteiger partial charge is 0.507 e. The lowest BCUT2D eigenvalue weighted by Crippen LogP contribution is -2.23. The van der Waals surface area contributed by atoms with Crippen molar-refractivity contribution in [3.05, 3.63) is 28.3 Å². The van der Waals surface area contributed by atoms with Crippen LogP contribution in [0.3, 0.4) is 0 Å². The van der Waals surface area contributed by atoms with Gasteiger partial charge in [0.05, 0.1) is 5.92 Å². The van der Waals surface area contributed by atoms with Crippen LogP contribution in [0, 0.1) is 6.92 Å². The van der Waals surface area contributed by atoms with Crippen molar-refractivity contribution in [1.29, 1.82) is 0 Å². The van der Waals surface area contributed by atoms with Gasteiger partial charge in [0, 0.05) is 5.56 Å². The average Bonchev–Trinajstić information content (AvgIpc) is 2.26. The Bertz CT molecular complexity index is 557. The smallest absolute Gasteiger partial charge is 0.310 e. The lowest BCUT2D eigenvalue weighted by Gasteiger charge is -2.32. The first-order chi connectivity index (χ1) is 9.28. The number of carboxylic acids is 1. The lowest BCUT2D eigenvalue weighted by atomic mass is 9.73. The van der Waals surface area contributed by atoms with E-state index in [0.717, 1.165) is 22.3 Å². The third-order valence-electron chi connectivity index (χ3n) is 3.91. The Labute approximate surface area is 128 Å². The summed E-state index contributed by atoms with van der Waals surface area (Å²) in [5, 5.41) is 20.2. The van der Waals surface area contributed by atoms with Crippen molar-refractivity contribution < 1.29 is 15.0 Å². The van der Waals surface area contributed by atoms with Crippen LogP contribution in [0.4, 0.5) is 0 Å². The Balaban J connectivity index is 3.84. The van der Waals surface area contributed by atoms with Crippen LogP contribution in [-0.2, 0) is 15.6 Å². The summed E-state index contributed by atoms with van der Waals surface area (Å²) in [4.78, 5) is 11.4. The van der Waals surface area contributed by atoms with E-state index in [1.165, 1.54) is 0 Å². The molecule has 3 nitrogen and oxygen atoms in total. The second-order valence-electron chi connectivity index (χ2n) is 7.94. The molecule has 0 aliphatic rings. The number of hydrogen-bond donors (Lipinski definition) is 2. The van der Waals surface area contributed by atoms with Gasteiger partial charge < -0.3 is 10.2 Å². The molecular formula is C18H28O3. The second-order valence-corrected chi connectivity index (χ2v) is 7.94. The summed E-state index contributed by atoms with van der Waals surface area (Å²) in [5.74, 6) is -1.27. The van der Waals surface area contributed by atoms with Gasteiger partial charge in [0.2, 0.25) is 0 Å². The number of phenols is 1. The Morgan fingerprint density at radius 1 is 1.10 bits per heavy atom. The number of aliphatic carboxylic acids is 1. The first kappa shape index (κ1) is 17.5. The van der Waals surface area contributed by atoms with Crippen molar-refractivity contribution in [2.45, 2.75) is 72.1 Å². The Morgan fingerprint density at radius 3 is 1.90 bits per heavy atom. The Hall–Kier alpha value is -1.51. The van der Waals surface area contributed by atoms with Crippen molar-refractivity contribution in [2.75, 3.05) is 0 Å². The second kappa shape index (κ2) is 5.36. The van der Waals surface area contributed by atoms with E-state index in [1.807, 2.05) is 54.5 Å². The standard InChI is InChI=1S/C18H28O3/c1-10-9-12(17(3,4)5)15(19)14(18(6,7)8)13(10)11(2)16(20)21/h9,11,19H,1-8H3,(H,20,21). The fourth-order valence-corrected chi connectivity index (χ4v) is 2.83. The molecule has 0 bridgehead atoms. The molecule has 2 N–H and O–H groups in total. The van der Waals surface area contributed by atoms with Crippen LogP contribution < -0.4 is 0 Å². The first-order valence-electron chi connectivity index (χ1n) is 7.38. The number of carboxylic acid groups (broad SMARTS) is 1. The quantitative estimate of drug-likeness (QED) is 0.844. The molecule has 1 unspecified atom stereocenters. The molecule has 0 amide bonds. The highest BCUT2D eigenvalue weighted by molar-refractivity contribution is 5.78. The first-order valence-corrected chi connectivity index (χ1v) is 7.38. The summed E-state index contributed by atoms with van der Waals surface area (Å²) in [5.41, 5.74) is 2.77. The monoisotopic (exact) mass is 292 g/mol. The zero-order chi connectivity index (χ0) is 16.7. The van der Waals surface area contributed by atoms with Crippen molar-refractivity contribution >= 4 is 5.97 Å². The molecule has 0 fully saturated rings. The minimum Gasteiger partial charge on any atom is -0.507 e. The van der Waals surface area contributed by atoms with Crippen molar-refractivity contribution in [3.8, 4) is 5.75 Å². The normalized spacial score (nSPS) is 14.1. The van der Waals surface area contributed by atoms with Crippen LogP contribution in [0.1, 0.15) is 76.6 Å².